The smallest absolute Gasteiger partial charge is 0.242 e. The molecule has 1 aromatic carbocycles. The predicted octanol–water partition coefficient (Wildman–Crippen LogP) is 4.60. The Hall–Kier alpha value is -2.90. The van der Waals surface area contributed by atoms with Gasteiger partial charge in [0.2, 0.25) is 11.8 Å². The Labute approximate surface area is 240 Å². The number of nitrogens with one attached hydrogen (secondary N) is 4. The van der Waals surface area contributed by atoms with Crippen LogP contribution < -0.4 is 16.4 Å². The molecule has 2 atom stereocenters. The number of benzene rings is 1. The van der Waals surface area contributed by atoms with Gasteiger partial charge in [-0.1, -0.05) is 62.8 Å². The van der Waals surface area contributed by atoms with E-state index in [9.17, 15) is 9.59 Å². The van der Waals surface area contributed by atoms with Crippen molar-refractivity contribution in [3.05, 3.63) is 35.4 Å². The average Bonchev–Trinajstić information content (AvgIpc) is 2.98. The van der Waals surface area contributed by atoms with Crippen molar-refractivity contribution in [3.8, 4) is 0 Å². The van der Waals surface area contributed by atoms with E-state index in [1.54, 1.807) is 0 Å². The molecule has 1 aromatic rings. The Kier molecular flexibility index (Phi) is 11.0. The standard InChI is InChI=1S/C32H50N6O2/c1-22(33)38-18-16-24(17-19-38)21-36-32(40)29(26-10-6-3-7-11-26)37-31(39)28(25-8-4-2-5-9-25)20-23-12-14-27(15-13-23)30(34)35/h12-15,24-26,28-29,33H,2-11,16-21H2,1H3,(H3,34,35)(H,36,40)(H,37,39)/t28?,29-/m0/s1. The van der Waals surface area contributed by atoms with Gasteiger partial charge in [-0.3, -0.25) is 20.4 Å². The zero-order valence-electron chi connectivity index (χ0n) is 24.4. The summed E-state index contributed by atoms with van der Waals surface area (Å²) in [6.07, 6.45) is 13.6. The van der Waals surface area contributed by atoms with E-state index in [4.69, 9.17) is 16.6 Å². The van der Waals surface area contributed by atoms with E-state index in [0.717, 1.165) is 82.9 Å². The van der Waals surface area contributed by atoms with Gasteiger partial charge in [-0.2, -0.15) is 0 Å². The first-order valence-corrected chi connectivity index (χ1v) is 15.6. The summed E-state index contributed by atoms with van der Waals surface area (Å²) in [5.41, 5.74) is 7.41. The number of amides is 2. The molecular formula is C32H50N6O2. The topological polar surface area (TPSA) is 135 Å². The minimum atomic E-state index is -0.483. The van der Waals surface area contributed by atoms with Crippen LogP contribution in [0.3, 0.4) is 0 Å². The molecule has 3 fully saturated rings. The molecule has 0 spiro atoms. The van der Waals surface area contributed by atoms with Crippen LogP contribution in [0.1, 0.15) is 95.1 Å². The third-order valence-electron chi connectivity index (χ3n) is 9.63. The van der Waals surface area contributed by atoms with Crippen LogP contribution in [0.15, 0.2) is 24.3 Å². The fraction of sp³-hybridized carbons (Fsp3) is 0.688. The Morgan fingerprint density at radius 2 is 1.45 bits per heavy atom. The summed E-state index contributed by atoms with van der Waals surface area (Å²) in [5, 5.41) is 22.1. The molecule has 1 unspecified atom stereocenters. The normalized spacial score (nSPS) is 20.9. The summed E-state index contributed by atoms with van der Waals surface area (Å²) < 4.78 is 0. The minimum Gasteiger partial charge on any atom is -0.384 e. The number of likely N-dealkylation sites (tertiary alicyclic amines) is 1. The maximum absolute atomic E-state index is 14.0. The lowest BCUT2D eigenvalue weighted by atomic mass is 9.76. The molecule has 0 radical (unpaired) electrons. The van der Waals surface area contributed by atoms with Gasteiger partial charge in [-0.05, 0) is 75.2 Å². The molecule has 1 heterocycles. The van der Waals surface area contributed by atoms with E-state index in [1.807, 2.05) is 31.2 Å². The molecule has 40 heavy (non-hydrogen) atoms. The first kappa shape index (κ1) is 30.1. The number of nitrogen functional groups attached to an aromatic ring is 1. The number of rotatable bonds is 10. The summed E-state index contributed by atoms with van der Waals surface area (Å²) in [4.78, 5) is 29.8. The second kappa shape index (κ2) is 14.6. The van der Waals surface area contributed by atoms with Crippen LogP contribution in [0.4, 0.5) is 0 Å². The highest BCUT2D eigenvalue weighted by molar-refractivity contribution is 5.95. The van der Waals surface area contributed by atoms with Crippen molar-refractivity contribution in [1.82, 2.24) is 15.5 Å². The SMILES string of the molecule is CC(=N)N1CCC(CNC(=O)[C@@H](NC(=O)C(Cc2ccc(C(=N)N)cc2)C2CCCCC2)C2CCCCC2)CC1. The van der Waals surface area contributed by atoms with Crippen molar-refractivity contribution < 1.29 is 9.59 Å². The molecule has 8 heteroatoms. The number of nitrogens with two attached hydrogens (primary N) is 1. The number of piperidine rings is 1. The summed E-state index contributed by atoms with van der Waals surface area (Å²) in [6.45, 7) is 4.21. The summed E-state index contributed by atoms with van der Waals surface area (Å²) >= 11 is 0. The van der Waals surface area contributed by atoms with Crippen molar-refractivity contribution in [3.63, 3.8) is 0 Å². The molecule has 0 bridgehead atoms. The first-order chi connectivity index (χ1) is 19.3. The van der Waals surface area contributed by atoms with Crippen LogP contribution >= 0.6 is 0 Å². The molecule has 6 N–H and O–H groups in total. The quantitative estimate of drug-likeness (QED) is 0.215. The van der Waals surface area contributed by atoms with Crippen LogP contribution in [0, 0.1) is 34.5 Å². The van der Waals surface area contributed by atoms with E-state index in [1.165, 1.54) is 12.8 Å². The van der Waals surface area contributed by atoms with Gasteiger partial charge in [0.15, 0.2) is 0 Å². The molecule has 1 aliphatic heterocycles. The number of hydrogen-bond donors (Lipinski definition) is 5. The third-order valence-corrected chi connectivity index (χ3v) is 9.63. The fourth-order valence-electron chi connectivity index (χ4n) is 7.04. The zero-order chi connectivity index (χ0) is 28.5. The van der Waals surface area contributed by atoms with Crippen LogP contribution in [-0.2, 0) is 16.0 Å². The molecule has 3 aliphatic rings. The average molecular weight is 551 g/mol. The van der Waals surface area contributed by atoms with Gasteiger partial charge in [-0.15, -0.1) is 0 Å². The van der Waals surface area contributed by atoms with E-state index in [-0.39, 0.29) is 29.5 Å². The maximum Gasteiger partial charge on any atom is 0.242 e. The number of nitrogens with zero attached hydrogens (tertiary/aromatic N) is 1. The Balaban J connectivity index is 1.44. The van der Waals surface area contributed by atoms with Crippen molar-refractivity contribution >= 4 is 23.5 Å². The summed E-state index contributed by atoms with van der Waals surface area (Å²) in [5.74, 6) is 1.39. The van der Waals surface area contributed by atoms with Gasteiger partial charge in [0.1, 0.15) is 11.9 Å². The van der Waals surface area contributed by atoms with Gasteiger partial charge < -0.3 is 21.3 Å². The largest absolute Gasteiger partial charge is 0.384 e. The lowest BCUT2D eigenvalue weighted by Gasteiger charge is -2.35. The lowest BCUT2D eigenvalue weighted by molar-refractivity contribution is -0.134. The minimum absolute atomic E-state index is 0.0167. The maximum atomic E-state index is 14.0. The first-order valence-electron chi connectivity index (χ1n) is 15.6. The lowest BCUT2D eigenvalue weighted by Crippen LogP contribution is -2.54. The Bertz CT molecular complexity index is 1000. The highest BCUT2D eigenvalue weighted by Crippen LogP contribution is 2.33. The molecular weight excluding hydrogens is 500 g/mol. The van der Waals surface area contributed by atoms with E-state index < -0.39 is 6.04 Å². The predicted molar refractivity (Wildman–Crippen MR) is 160 cm³/mol. The Morgan fingerprint density at radius 1 is 0.875 bits per heavy atom. The van der Waals surface area contributed by atoms with E-state index in [2.05, 4.69) is 15.5 Å². The van der Waals surface area contributed by atoms with Crippen LogP contribution in [-0.4, -0.2) is 54.1 Å². The molecule has 2 amide bonds. The van der Waals surface area contributed by atoms with E-state index in [0.29, 0.717) is 36.2 Å². The summed E-state index contributed by atoms with van der Waals surface area (Å²) in [6, 6.07) is 7.20. The van der Waals surface area contributed by atoms with Gasteiger partial charge in [-0.25, -0.2) is 0 Å². The van der Waals surface area contributed by atoms with E-state index >= 15 is 0 Å². The third kappa shape index (κ3) is 8.31. The van der Waals surface area contributed by atoms with Gasteiger partial charge in [0.25, 0.3) is 0 Å². The molecule has 2 aliphatic carbocycles. The van der Waals surface area contributed by atoms with Gasteiger partial charge in [0.05, 0.1) is 5.84 Å². The molecule has 4 rings (SSSR count). The highest BCUT2D eigenvalue weighted by atomic mass is 16.2. The zero-order valence-corrected chi connectivity index (χ0v) is 24.4. The monoisotopic (exact) mass is 550 g/mol. The van der Waals surface area contributed by atoms with Crippen molar-refractivity contribution in [2.75, 3.05) is 19.6 Å². The van der Waals surface area contributed by atoms with Crippen molar-refractivity contribution in [2.24, 2.45) is 29.4 Å². The second-order valence-corrected chi connectivity index (χ2v) is 12.5. The van der Waals surface area contributed by atoms with Gasteiger partial charge >= 0.3 is 0 Å². The second-order valence-electron chi connectivity index (χ2n) is 12.5. The Morgan fingerprint density at radius 3 is 2.00 bits per heavy atom. The van der Waals surface area contributed by atoms with Gasteiger partial charge in [0, 0.05) is 31.1 Å². The van der Waals surface area contributed by atoms with Crippen molar-refractivity contribution in [1.29, 1.82) is 10.8 Å². The van der Waals surface area contributed by atoms with Crippen LogP contribution in [0.5, 0.6) is 0 Å². The van der Waals surface area contributed by atoms with Crippen LogP contribution in [0.25, 0.3) is 0 Å². The molecule has 220 valence electrons. The number of carbonyl (C=O) groups excluding carboxylic acids is 2. The molecule has 0 aromatic heterocycles. The number of carbonyl (C=O) groups is 2. The van der Waals surface area contributed by atoms with Crippen molar-refractivity contribution in [2.45, 2.75) is 96.4 Å². The number of amidine groups is 2. The highest BCUT2D eigenvalue weighted by Gasteiger charge is 2.36. The molecule has 1 saturated heterocycles. The molecule has 8 nitrogen and oxygen atoms in total. The van der Waals surface area contributed by atoms with Crippen LogP contribution in [0.2, 0.25) is 0 Å². The number of hydrogen-bond acceptors (Lipinski definition) is 4. The fourth-order valence-corrected chi connectivity index (χ4v) is 7.04. The molecule has 2 saturated carbocycles. The summed E-state index contributed by atoms with van der Waals surface area (Å²) in [7, 11) is 0.